The maximum atomic E-state index is 5.49. The van der Waals surface area contributed by atoms with Gasteiger partial charge in [0.1, 0.15) is 5.75 Å². The SMILES string of the molecule is C=C(C)c1c(-c2cc(OC)ccc2CNS)sc2c1CC(C)(C)CC2. The molecule has 0 spiro atoms. The Balaban J connectivity index is 2.21. The molecule has 0 radical (unpaired) electrons. The number of thiophene rings is 1. The van der Waals surface area contributed by atoms with Crippen molar-refractivity contribution in [2.75, 3.05) is 7.11 Å². The Bertz CT molecular complexity index is 804. The number of fused-ring (bicyclic) bond motifs is 1. The van der Waals surface area contributed by atoms with Gasteiger partial charge in [-0.1, -0.05) is 39.3 Å². The van der Waals surface area contributed by atoms with Gasteiger partial charge in [-0.3, -0.25) is 4.72 Å². The number of hydrogen-bond acceptors (Lipinski definition) is 4. The van der Waals surface area contributed by atoms with Crippen molar-refractivity contribution in [3.63, 3.8) is 0 Å². The number of nitrogens with one attached hydrogen (secondary N) is 1. The summed E-state index contributed by atoms with van der Waals surface area (Å²) in [5.41, 5.74) is 6.84. The fourth-order valence-electron chi connectivity index (χ4n) is 3.69. The van der Waals surface area contributed by atoms with Crippen molar-refractivity contribution < 1.29 is 4.74 Å². The van der Waals surface area contributed by atoms with E-state index in [1.165, 1.54) is 38.4 Å². The van der Waals surface area contributed by atoms with Crippen LogP contribution in [-0.4, -0.2) is 7.11 Å². The quantitative estimate of drug-likeness (QED) is 0.636. The molecule has 0 amide bonds. The molecule has 0 aliphatic heterocycles. The minimum Gasteiger partial charge on any atom is -0.497 e. The van der Waals surface area contributed by atoms with Gasteiger partial charge < -0.3 is 4.74 Å². The molecule has 4 heteroatoms. The molecule has 25 heavy (non-hydrogen) atoms. The number of aryl methyl sites for hydroxylation is 1. The summed E-state index contributed by atoms with van der Waals surface area (Å²) < 4.78 is 8.48. The Labute approximate surface area is 160 Å². The molecule has 1 N–H and O–H groups in total. The van der Waals surface area contributed by atoms with E-state index in [1.807, 2.05) is 17.4 Å². The summed E-state index contributed by atoms with van der Waals surface area (Å²) in [5, 5.41) is 0. The minimum absolute atomic E-state index is 0.361. The molecule has 0 fully saturated rings. The molecular formula is C21H27NOS2. The van der Waals surface area contributed by atoms with E-state index in [1.54, 1.807) is 7.11 Å². The number of methoxy groups -OCH3 is 1. The predicted octanol–water partition coefficient (Wildman–Crippen LogP) is 5.91. The van der Waals surface area contributed by atoms with Crippen LogP contribution in [0.1, 0.15) is 48.8 Å². The van der Waals surface area contributed by atoms with Crippen LogP contribution in [0.5, 0.6) is 5.75 Å². The van der Waals surface area contributed by atoms with E-state index < -0.39 is 0 Å². The maximum absolute atomic E-state index is 5.49. The van der Waals surface area contributed by atoms with Crippen molar-refractivity contribution in [3.05, 3.63) is 46.3 Å². The fourth-order valence-corrected chi connectivity index (χ4v) is 5.31. The van der Waals surface area contributed by atoms with E-state index in [0.29, 0.717) is 12.0 Å². The first-order chi connectivity index (χ1) is 11.9. The Morgan fingerprint density at radius 1 is 1.40 bits per heavy atom. The van der Waals surface area contributed by atoms with Crippen molar-refractivity contribution >= 4 is 29.7 Å². The Morgan fingerprint density at radius 3 is 2.80 bits per heavy atom. The standard InChI is InChI=1S/C21H27NOS2/c1-13(2)19-17-11-21(3,4)9-8-18(17)25-20(19)16-10-15(23-5)7-6-14(16)12-22-24/h6-7,10,22,24H,1,8-9,11-12H2,2-5H3. The maximum Gasteiger partial charge on any atom is 0.119 e. The summed E-state index contributed by atoms with van der Waals surface area (Å²) in [6.45, 7) is 11.9. The Morgan fingerprint density at radius 2 is 2.16 bits per heavy atom. The summed E-state index contributed by atoms with van der Waals surface area (Å²) in [6.07, 6.45) is 3.54. The topological polar surface area (TPSA) is 21.3 Å². The van der Waals surface area contributed by atoms with Gasteiger partial charge in [0.2, 0.25) is 0 Å². The first-order valence-electron chi connectivity index (χ1n) is 8.71. The molecule has 0 atom stereocenters. The van der Waals surface area contributed by atoms with E-state index >= 15 is 0 Å². The van der Waals surface area contributed by atoms with E-state index in [-0.39, 0.29) is 0 Å². The highest BCUT2D eigenvalue weighted by atomic mass is 32.1. The van der Waals surface area contributed by atoms with Gasteiger partial charge in [0.25, 0.3) is 0 Å². The highest BCUT2D eigenvalue weighted by Crippen LogP contribution is 2.48. The largest absolute Gasteiger partial charge is 0.497 e. The average molecular weight is 374 g/mol. The smallest absolute Gasteiger partial charge is 0.119 e. The lowest BCUT2D eigenvalue weighted by Crippen LogP contribution is -2.21. The molecule has 3 rings (SSSR count). The van der Waals surface area contributed by atoms with Crippen molar-refractivity contribution in [2.24, 2.45) is 5.41 Å². The zero-order valence-electron chi connectivity index (χ0n) is 15.5. The van der Waals surface area contributed by atoms with Gasteiger partial charge in [0, 0.05) is 21.9 Å². The van der Waals surface area contributed by atoms with Gasteiger partial charge in [-0.15, -0.1) is 11.3 Å². The third-order valence-electron chi connectivity index (χ3n) is 5.03. The van der Waals surface area contributed by atoms with Crippen molar-refractivity contribution in [2.45, 2.75) is 46.6 Å². The second-order valence-electron chi connectivity index (χ2n) is 7.69. The van der Waals surface area contributed by atoms with Crippen LogP contribution in [0.3, 0.4) is 0 Å². The fraction of sp³-hybridized carbons (Fsp3) is 0.429. The van der Waals surface area contributed by atoms with Crippen LogP contribution in [0.15, 0.2) is 24.8 Å². The Kier molecular flexibility index (Phi) is 5.33. The third kappa shape index (κ3) is 3.67. The van der Waals surface area contributed by atoms with E-state index in [4.69, 9.17) is 4.74 Å². The normalized spacial score (nSPS) is 15.7. The highest BCUT2D eigenvalue weighted by molar-refractivity contribution is 7.78. The average Bonchev–Trinajstić information content (AvgIpc) is 2.92. The number of rotatable bonds is 5. The van der Waals surface area contributed by atoms with Crippen LogP contribution in [-0.2, 0) is 19.4 Å². The van der Waals surface area contributed by atoms with Crippen LogP contribution in [0.25, 0.3) is 16.0 Å². The molecule has 1 aliphatic rings. The molecule has 0 saturated heterocycles. The molecule has 134 valence electrons. The summed E-state index contributed by atoms with van der Waals surface area (Å²) in [6, 6.07) is 6.29. The van der Waals surface area contributed by atoms with Crippen molar-refractivity contribution in [3.8, 4) is 16.2 Å². The molecule has 0 unspecified atom stereocenters. The van der Waals surface area contributed by atoms with Crippen molar-refractivity contribution in [1.29, 1.82) is 0 Å². The second-order valence-corrected chi connectivity index (χ2v) is 9.11. The molecular weight excluding hydrogens is 346 g/mol. The lowest BCUT2D eigenvalue weighted by atomic mass is 9.75. The van der Waals surface area contributed by atoms with Gasteiger partial charge in [-0.2, -0.15) is 0 Å². The monoisotopic (exact) mass is 373 g/mol. The second kappa shape index (κ2) is 7.18. The van der Waals surface area contributed by atoms with Crippen LogP contribution < -0.4 is 9.46 Å². The van der Waals surface area contributed by atoms with Gasteiger partial charge in [0.15, 0.2) is 0 Å². The predicted molar refractivity (Wildman–Crippen MR) is 113 cm³/mol. The summed E-state index contributed by atoms with van der Waals surface area (Å²) >= 11 is 6.14. The highest BCUT2D eigenvalue weighted by Gasteiger charge is 2.31. The molecule has 2 aromatic rings. The summed E-state index contributed by atoms with van der Waals surface area (Å²) in [5.74, 6) is 0.886. The summed E-state index contributed by atoms with van der Waals surface area (Å²) in [7, 11) is 1.72. The lowest BCUT2D eigenvalue weighted by Gasteiger charge is -2.30. The molecule has 1 aromatic carbocycles. The first-order valence-corrected chi connectivity index (χ1v) is 9.97. The van der Waals surface area contributed by atoms with E-state index in [2.05, 4.69) is 57.0 Å². The number of thiol groups is 1. The van der Waals surface area contributed by atoms with Gasteiger partial charge >= 0.3 is 0 Å². The van der Waals surface area contributed by atoms with Crippen LogP contribution in [0.2, 0.25) is 0 Å². The minimum atomic E-state index is 0.361. The molecule has 1 aromatic heterocycles. The molecule has 2 nitrogen and oxygen atoms in total. The van der Waals surface area contributed by atoms with Gasteiger partial charge in [0.05, 0.1) is 7.11 Å². The van der Waals surface area contributed by atoms with Crippen LogP contribution in [0.4, 0.5) is 0 Å². The molecule has 1 heterocycles. The van der Waals surface area contributed by atoms with Crippen LogP contribution in [0, 0.1) is 5.41 Å². The van der Waals surface area contributed by atoms with Gasteiger partial charge in [-0.05, 0) is 66.0 Å². The number of hydrogen-bond donors (Lipinski definition) is 2. The van der Waals surface area contributed by atoms with Gasteiger partial charge in [-0.25, -0.2) is 0 Å². The van der Waals surface area contributed by atoms with E-state index in [0.717, 1.165) is 24.2 Å². The number of allylic oxidation sites excluding steroid dienone is 1. The number of ether oxygens (including phenoxy) is 1. The van der Waals surface area contributed by atoms with Crippen LogP contribution >= 0.6 is 24.2 Å². The first kappa shape index (κ1) is 18.6. The zero-order valence-corrected chi connectivity index (χ0v) is 17.2. The molecule has 0 bridgehead atoms. The van der Waals surface area contributed by atoms with E-state index in [9.17, 15) is 0 Å². The molecule has 1 aliphatic carbocycles. The van der Waals surface area contributed by atoms with Crippen molar-refractivity contribution in [1.82, 2.24) is 4.72 Å². The number of benzene rings is 1. The Hall–Kier alpha value is -1.23. The molecule has 0 saturated carbocycles. The lowest BCUT2D eigenvalue weighted by molar-refractivity contribution is 0.317. The summed E-state index contributed by atoms with van der Waals surface area (Å²) in [4.78, 5) is 2.85. The third-order valence-corrected chi connectivity index (χ3v) is 6.52. The zero-order chi connectivity index (χ0) is 18.2.